The zero-order valence-corrected chi connectivity index (χ0v) is 12.0. The van der Waals surface area contributed by atoms with Crippen molar-refractivity contribution in [2.45, 2.75) is 33.0 Å². The molecular weight excluding hydrogens is 254 g/mol. The second-order valence-electron chi connectivity index (χ2n) is 4.99. The number of hydrogen-bond acceptors (Lipinski definition) is 4. The predicted molar refractivity (Wildman–Crippen MR) is 79.2 cm³/mol. The number of fused-ring (bicyclic) bond motifs is 1. The molecule has 2 aromatic rings. The van der Waals surface area contributed by atoms with Gasteiger partial charge in [0.05, 0.1) is 10.7 Å². The highest BCUT2D eigenvalue weighted by atomic mass is 32.1. The topological polar surface area (TPSA) is 37.0 Å². The summed E-state index contributed by atoms with van der Waals surface area (Å²) in [5, 5.41) is 10.1. The minimum atomic E-state index is 0.847. The third-order valence-electron chi connectivity index (χ3n) is 3.46. The quantitative estimate of drug-likeness (QED) is 0.898. The van der Waals surface area contributed by atoms with Crippen molar-refractivity contribution < 1.29 is 0 Å². The Bertz CT molecular complexity index is 562. The van der Waals surface area contributed by atoms with Gasteiger partial charge in [-0.05, 0) is 36.6 Å². The zero-order chi connectivity index (χ0) is 13.1. The number of nitrogens with one attached hydrogen (secondary N) is 2. The molecule has 0 spiro atoms. The Morgan fingerprint density at radius 1 is 1.32 bits per heavy atom. The summed E-state index contributed by atoms with van der Waals surface area (Å²) in [5.41, 5.74) is 5.45. The van der Waals surface area contributed by atoms with Gasteiger partial charge in [-0.25, -0.2) is 4.98 Å². The molecule has 0 fully saturated rings. The van der Waals surface area contributed by atoms with Crippen molar-refractivity contribution in [2.24, 2.45) is 0 Å². The molecule has 2 heterocycles. The Morgan fingerprint density at radius 3 is 3.11 bits per heavy atom. The fourth-order valence-electron chi connectivity index (χ4n) is 2.47. The van der Waals surface area contributed by atoms with Crippen LogP contribution in [0.5, 0.6) is 0 Å². The van der Waals surface area contributed by atoms with Crippen LogP contribution in [0, 0.1) is 6.92 Å². The maximum atomic E-state index is 4.46. The molecule has 3 nitrogen and oxygen atoms in total. The van der Waals surface area contributed by atoms with Gasteiger partial charge in [-0.15, -0.1) is 11.3 Å². The van der Waals surface area contributed by atoms with Crippen molar-refractivity contribution in [3.05, 3.63) is 51.0 Å². The van der Waals surface area contributed by atoms with Gasteiger partial charge in [0.15, 0.2) is 0 Å². The van der Waals surface area contributed by atoms with E-state index < -0.39 is 0 Å². The summed E-state index contributed by atoms with van der Waals surface area (Å²) in [6.07, 6.45) is 1.15. The number of benzene rings is 1. The fourth-order valence-corrected chi connectivity index (χ4v) is 3.08. The monoisotopic (exact) mass is 273 g/mol. The van der Waals surface area contributed by atoms with Crippen LogP contribution in [-0.2, 0) is 26.1 Å². The van der Waals surface area contributed by atoms with E-state index in [0.29, 0.717) is 0 Å². The maximum absolute atomic E-state index is 4.46. The highest BCUT2D eigenvalue weighted by Crippen LogP contribution is 2.16. The number of nitrogens with zero attached hydrogens (tertiary/aromatic N) is 1. The first-order chi connectivity index (χ1) is 9.31. The number of aryl methyl sites for hydroxylation is 1. The minimum Gasteiger partial charge on any atom is -0.312 e. The third kappa shape index (κ3) is 3.21. The Morgan fingerprint density at radius 2 is 2.26 bits per heavy atom. The molecule has 1 aliphatic rings. The van der Waals surface area contributed by atoms with Crippen LogP contribution in [0.25, 0.3) is 0 Å². The predicted octanol–water partition coefficient (Wildman–Crippen LogP) is 2.39. The molecule has 2 N–H and O–H groups in total. The van der Waals surface area contributed by atoms with E-state index in [0.717, 1.165) is 43.3 Å². The van der Waals surface area contributed by atoms with Gasteiger partial charge in [0, 0.05) is 25.0 Å². The van der Waals surface area contributed by atoms with Crippen LogP contribution < -0.4 is 10.6 Å². The second kappa shape index (κ2) is 5.82. The lowest BCUT2D eigenvalue weighted by molar-refractivity contribution is 0.638. The first kappa shape index (κ1) is 12.8. The van der Waals surface area contributed by atoms with Crippen molar-refractivity contribution in [2.75, 3.05) is 6.54 Å². The molecule has 1 aromatic heterocycles. The standard InChI is InChI=1S/C15H19N3S/c1-11-18-15(10-19-11)9-17-7-12-2-3-13-4-5-16-8-14(13)6-12/h2-3,6,10,16-17H,4-5,7-9H2,1H3. The first-order valence-corrected chi connectivity index (χ1v) is 7.62. The van der Waals surface area contributed by atoms with Crippen LogP contribution in [-0.4, -0.2) is 11.5 Å². The highest BCUT2D eigenvalue weighted by molar-refractivity contribution is 7.09. The van der Waals surface area contributed by atoms with E-state index in [-0.39, 0.29) is 0 Å². The Balaban J connectivity index is 1.58. The maximum Gasteiger partial charge on any atom is 0.0897 e. The lowest BCUT2D eigenvalue weighted by Gasteiger charge is -2.18. The van der Waals surface area contributed by atoms with Gasteiger partial charge in [0.25, 0.3) is 0 Å². The van der Waals surface area contributed by atoms with Gasteiger partial charge in [0.2, 0.25) is 0 Å². The molecule has 100 valence electrons. The molecule has 1 aromatic carbocycles. The Kier molecular flexibility index (Phi) is 3.92. The molecule has 1 aliphatic heterocycles. The average Bonchev–Trinajstić information content (AvgIpc) is 2.84. The lowest BCUT2D eigenvalue weighted by Crippen LogP contribution is -2.24. The van der Waals surface area contributed by atoms with E-state index in [4.69, 9.17) is 0 Å². The van der Waals surface area contributed by atoms with Crippen LogP contribution in [0.15, 0.2) is 23.6 Å². The van der Waals surface area contributed by atoms with Crippen molar-refractivity contribution in [3.8, 4) is 0 Å². The normalized spacial score (nSPS) is 14.4. The van der Waals surface area contributed by atoms with E-state index in [9.17, 15) is 0 Å². The summed E-state index contributed by atoms with van der Waals surface area (Å²) in [6.45, 7) is 5.91. The minimum absolute atomic E-state index is 0.847. The number of rotatable bonds is 4. The first-order valence-electron chi connectivity index (χ1n) is 6.74. The largest absolute Gasteiger partial charge is 0.312 e. The van der Waals surface area contributed by atoms with Crippen LogP contribution in [0.2, 0.25) is 0 Å². The summed E-state index contributed by atoms with van der Waals surface area (Å²) in [5.74, 6) is 0. The molecule has 0 unspecified atom stereocenters. The van der Waals surface area contributed by atoms with Gasteiger partial charge in [-0.2, -0.15) is 0 Å². The van der Waals surface area contributed by atoms with E-state index in [1.54, 1.807) is 11.3 Å². The van der Waals surface area contributed by atoms with Crippen LogP contribution >= 0.6 is 11.3 Å². The number of aromatic nitrogens is 1. The van der Waals surface area contributed by atoms with E-state index in [2.05, 4.69) is 39.2 Å². The molecule has 19 heavy (non-hydrogen) atoms. The molecule has 0 bridgehead atoms. The van der Waals surface area contributed by atoms with E-state index in [1.807, 2.05) is 6.92 Å². The SMILES string of the molecule is Cc1nc(CNCc2ccc3c(c2)CNCC3)cs1. The fraction of sp³-hybridized carbons (Fsp3) is 0.400. The number of thiazole rings is 1. The molecule has 0 aliphatic carbocycles. The van der Waals surface area contributed by atoms with Gasteiger partial charge in [-0.1, -0.05) is 18.2 Å². The molecule has 0 radical (unpaired) electrons. The summed E-state index contributed by atoms with van der Waals surface area (Å²) in [4.78, 5) is 4.46. The molecular formula is C15H19N3S. The van der Waals surface area contributed by atoms with Gasteiger partial charge in [0.1, 0.15) is 0 Å². The third-order valence-corrected chi connectivity index (χ3v) is 4.28. The van der Waals surface area contributed by atoms with Gasteiger partial charge >= 0.3 is 0 Å². The average molecular weight is 273 g/mol. The second-order valence-corrected chi connectivity index (χ2v) is 6.05. The summed E-state index contributed by atoms with van der Waals surface area (Å²) in [6, 6.07) is 6.84. The van der Waals surface area contributed by atoms with Crippen molar-refractivity contribution >= 4 is 11.3 Å². The van der Waals surface area contributed by atoms with Gasteiger partial charge in [-0.3, -0.25) is 0 Å². The van der Waals surface area contributed by atoms with Crippen LogP contribution in [0.3, 0.4) is 0 Å². The molecule has 0 saturated carbocycles. The summed E-state index contributed by atoms with van der Waals surface area (Å²) in [7, 11) is 0. The smallest absolute Gasteiger partial charge is 0.0897 e. The Labute approximate surface area is 118 Å². The molecule has 0 amide bonds. The summed E-state index contributed by atoms with van der Waals surface area (Å²) >= 11 is 1.71. The Hall–Kier alpha value is -1.23. The summed E-state index contributed by atoms with van der Waals surface area (Å²) < 4.78 is 0. The molecule has 3 rings (SSSR count). The van der Waals surface area contributed by atoms with E-state index >= 15 is 0 Å². The van der Waals surface area contributed by atoms with Crippen molar-refractivity contribution in [3.63, 3.8) is 0 Å². The van der Waals surface area contributed by atoms with E-state index in [1.165, 1.54) is 16.7 Å². The van der Waals surface area contributed by atoms with Crippen LogP contribution in [0.4, 0.5) is 0 Å². The van der Waals surface area contributed by atoms with Crippen LogP contribution in [0.1, 0.15) is 27.4 Å². The number of hydrogen-bond donors (Lipinski definition) is 2. The molecule has 4 heteroatoms. The van der Waals surface area contributed by atoms with Gasteiger partial charge < -0.3 is 10.6 Å². The highest BCUT2D eigenvalue weighted by Gasteiger charge is 2.08. The molecule has 0 atom stereocenters. The lowest BCUT2D eigenvalue weighted by atomic mass is 9.98. The van der Waals surface area contributed by atoms with Crippen molar-refractivity contribution in [1.29, 1.82) is 0 Å². The molecule has 0 saturated heterocycles. The van der Waals surface area contributed by atoms with Crippen molar-refractivity contribution in [1.82, 2.24) is 15.6 Å². The zero-order valence-electron chi connectivity index (χ0n) is 11.2.